The largest absolute Gasteiger partial charge is 0.488 e. The number of rotatable bonds is 5. The number of hydrogen-bond acceptors (Lipinski definition) is 4. The van der Waals surface area contributed by atoms with Crippen molar-refractivity contribution in [2.45, 2.75) is 13.5 Å². The first kappa shape index (κ1) is 22.8. The molecule has 3 aromatic carbocycles. The van der Waals surface area contributed by atoms with Crippen molar-refractivity contribution in [3.8, 4) is 5.75 Å². The first-order chi connectivity index (χ1) is 15.8. The third-order valence-electron chi connectivity index (χ3n) is 5.06. The van der Waals surface area contributed by atoms with Gasteiger partial charge in [0.25, 0.3) is 11.8 Å². The Morgan fingerprint density at radius 3 is 2.52 bits per heavy atom. The zero-order chi connectivity index (χ0) is 23.5. The second-order valence-electron chi connectivity index (χ2n) is 7.31. The lowest BCUT2D eigenvalue weighted by molar-refractivity contribution is -0.122. The van der Waals surface area contributed by atoms with E-state index in [1.54, 1.807) is 48.5 Å². The number of barbiturate groups is 1. The third-order valence-corrected chi connectivity index (χ3v) is 6.32. The molecule has 33 heavy (non-hydrogen) atoms. The van der Waals surface area contributed by atoms with Gasteiger partial charge in [-0.3, -0.25) is 14.9 Å². The smallest absolute Gasteiger partial charge is 0.335 e. The average molecular weight is 526 g/mol. The van der Waals surface area contributed by atoms with E-state index in [0.29, 0.717) is 22.0 Å². The average Bonchev–Trinajstić information content (AvgIpc) is 2.79. The molecule has 0 aromatic heterocycles. The second kappa shape index (κ2) is 9.60. The number of carbonyl (C=O) groups is 3. The normalized spacial score (nSPS) is 15.1. The summed E-state index contributed by atoms with van der Waals surface area (Å²) < 4.78 is 6.76. The van der Waals surface area contributed by atoms with E-state index in [2.05, 4.69) is 21.2 Å². The molecule has 166 valence electrons. The highest BCUT2D eigenvalue weighted by Crippen LogP contribution is 2.28. The molecule has 6 nitrogen and oxygen atoms in total. The topological polar surface area (TPSA) is 75.7 Å². The number of benzene rings is 3. The molecule has 0 radical (unpaired) electrons. The summed E-state index contributed by atoms with van der Waals surface area (Å²) in [4.78, 5) is 39.1. The van der Waals surface area contributed by atoms with E-state index in [4.69, 9.17) is 16.3 Å². The highest BCUT2D eigenvalue weighted by atomic mass is 79.9. The molecule has 1 aliphatic heterocycles. The summed E-state index contributed by atoms with van der Waals surface area (Å²) in [6, 6.07) is 18.6. The van der Waals surface area contributed by atoms with Crippen LogP contribution in [0.3, 0.4) is 0 Å². The van der Waals surface area contributed by atoms with Gasteiger partial charge in [-0.05, 0) is 48.9 Å². The van der Waals surface area contributed by atoms with E-state index in [9.17, 15) is 14.4 Å². The van der Waals surface area contributed by atoms with Gasteiger partial charge in [0, 0.05) is 20.6 Å². The summed E-state index contributed by atoms with van der Waals surface area (Å²) in [5, 5.41) is 2.81. The highest BCUT2D eigenvalue weighted by Gasteiger charge is 2.37. The summed E-state index contributed by atoms with van der Waals surface area (Å²) in [6.45, 7) is 2.05. The number of amides is 4. The first-order valence-electron chi connectivity index (χ1n) is 9.98. The predicted octanol–water partition coefficient (Wildman–Crippen LogP) is 5.66. The number of anilines is 1. The minimum absolute atomic E-state index is 0.177. The van der Waals surface area contributed by atoms with Gasteiger partial charge in [-0.1, -0.05) is 63.9 Å². The summed E-state index contributed by atoms with van der Waals surface area (Å²) >= 11 is 9.60. The molecule has 1 saturated heterocycles. The minimum Gasteiger partial charge on any atom is -0.488 e. The van der Waals surface area contributed by atoms with E-state index < -0.39 is 17.8 Å². The zero-order valence-corrected chi connectivity index (χ0v) is 19.8. The Kier molecular flexibility index (Phi) is 6.62. The highest BCUT2D eigenvalue weighted by molar-refractivity contribution is 9.10. The quantitative estimate of drug-likeness (QED) is 0.345. The Morgan fingerprint density at radius 2 is 1.76 bits per heavy atom. The molecule has 4 rings (SSSR count). The van der Waals surface area contributed by atoms with Gasteiger partial charge in [0.1, 0.15) is 17.9 Å². The van der Waals surface area contributed by atoms with E-state index in [1.807, 2.05) is 25.1 Å². The monoisotopic (exact) mass is 524 g/mol. The van der Waals surface area contributed by atoms with Crippen LogP contribution in [0.25, 0.3) is 6.08 Å². The van der Waals surface area contributed by atoms with Crippen molar-refractivity contribution in [1.29, 1.82) is 0 Å². The lowest BCUT2D eigenvalue weighted by atomic mass is 10.1. The van der Waals surface area contributed by atoms with Gasteiger partial charge in [0.15, 0.2) is 0 Å². The molecule has 1 N–H and O–H groups in total. The number of carbonyl (C=O) groups excluding carboxylic acids is 3. The summed E-state index contributed by atoms with van der Waals surface area (Å²) in [5.74, 6) is -1.02. The van der Waals surface area contributed by atoms with Crippen LogP contribution in [0.5, 0.6) is 5.75 Å². The van der Waals surface area contributed by atoms with E-state index >= 15 is 0 Å². The Balaban J connectivity index is 1.66. The van der Waals surface area contributed by atoms with Crippen LogP contribution in [0.1, 0.15) is 16.7 Å². The van der Waals surface area contributed by atoms with E-state index in [1.165, 1.54) is 6.08 Å². The van der Waals surface area contributed by atoms with Crippen molar-refractivity contribution in [1.82, 2.24) is 5.32 Å². The molecule has 1 heterocycles. The number of hydrogen-bond donors (Lipinski definition) is 1. The fraction of sp³-hybridized carbons (Fsp3) is 0.0800. The lowest BCUT2D eigenvalue weighted by Crippen LogP contribution is -2.54. The van der Waals surface area contributed by atoms with Crippen LogP contribution in [0.4, 0.5) is 10.5 Å². The molecule has 0 aliphatic carbocycles. The van der Waals surface area contributed by atoms with Crippen LogP contribution in [0.2, 0.25) is 5.02 Å². The number of ether oxygens (including phenoxy) is 1. The lowest BCUT2D eigenvalue weighted by Gasteiger charge is -2.26. The van der Waals surface area contributed by atoms with Gasteiger partial charge in [-0.15, -0.1) is 0 Å². The predicted molar refractivity (Wildman–Crippen MR) is 130 cm³/mol. The van der Waals surface area contributed by atoms with Crippen molar-refractivity contribution >= 4 is 57.1 Å². The molecule has 3 aromatic rings. The SMILES string of the molecule is Cc1cc(N2C(=O)NC(=O)/C(=C\c3ccccc3OCc3ccccc3Cl)C2=O)ccc1Br. The van der Waals surface area contributed by atoms with E-state index in [0.717, 1.165) is 20.5 Å². The maximum Gasteiger partial charge on any atom is 0.335 e. The number of nitrogens with one attached hydrogen (secondary N) is 1. The molecule has 0 unspecified atom stereocenters. The van der Waals surface area contributed by atoms with Gasteiger partial charge < -0.3 is 4.74 Å². The molecule has 1 fully saturated rings. The first-order valence-corrected chi connectivity index (χ1v) is 11.1. The summed E-state index contributed by atoms with van der Waals surface area (Å²) in [6.07, 6.45) is 1.42. The molecule has 8 heteroatoms. The van der Waals surface area contributed by atoms with Gasteiger partial charge >= 0.3 is 6.03 Å². The van der Waals surface area contributed by atoms with Gasteiger partial charge in [0.2, 0.25) is 0 Å². The molecule has 0 atom stereocenters. The van der Waals surface area contributed by atoms with Crippen LogP contribution >= 0.6 is 27.5 Å². The van der Waals surface area contributed by atoms with Crippen molar-refractivity contribution in [3.05, 3.63) is 98.5 Å². The number of imide groups is 2. The second-order valence-corrected chi connectivity index (χ2v) is 8.57. The third kappa shape index (κ3) is 4.84. The van der Waals surface area contributed by atoms with Crippen LogP contribution in [0, 0.1) is 6.92 Å². The Morgan fingerprint density at radius 1 is 1.03 bits per heavy atom. The maximum atomic E-state index is 13.2. The van der Waals surface area contributed by atoms with Crippen LogP contribution in [-0.4, -0.2) is 17.8 Å². The van der Waals surface area contributed by atoms with Crippen LogP contribution < -0.4 is 15.0 Å². The van der Waals surface area contributed by atoms with E-state index in [-0.39, 0.29) is 12.2 Å². The maximum absolute atomic E-state index is 13.2. The zero-order valence-electron chi connectivity index (χ0n) is 17.5. The summed E-state index contributed by atoms with van der Waals surface area (Å²) in [5.41, 5.74) is 2.34. The Hall–Kier alpha value is -3.42. The fourth-order valence-electron chi connectivity index (χ4n) is 3.32. The molecule has 4 amide bonds. The fourth-order valence-corrected chi connectivity index (χ4v) is 3.75. The molecule has 0 saturated carbocycles. The number of nitrogens with zero attached hydrogens (tertiary/aromatic N) is 1. The van der Waals surface area contributed by atoms with Crippen molar-refractivity contribution in [2.75, 3.05) is 4.90 Å². The molecule has 1 aliphatic rings. The van der Waals surface area contributed by atoms with Crippen molar-refractivity contribution in [2.24, 2.45) is 0 Å². The Labute approximate surface area is 203 Å². The van der Waals surface area contributed by atoms with Gasteiger partial charge in [0.05, 0.1) is 5.69 Å². The number of aryl methyl sites for hydroxylation is 1. The summed E-state index contributed by atoms with van der Waals surface area (Å²) in [7, 11) is 0. The van der Waals surface area contributed by atoms with Crippen molar-refractivity contribution in [3.63, 3.8) is 0 Å². The van der Waals surface area contributed by atoms with Crippen LogP contribution in [-0.2, 0) is 16.2 Å². The Bertz CT molecular complexity index is 1310. The molecular formula is C25H18BrClN2O4. The molecular weight excluding hydrogens is 508 g/mol. The van der Waals surface area contributed by atoms with Gasteiger partial charge in [-0.25, -0.2) is 9.69 Å². The standard InChI is InChI=1S/C25H18BrClN2O4/c1-15-12-18(10-11-20(15)26)29-24(31)19(23(30)28-25(29)32)13-16-6-3-5-9-22(16)33-14-17-7-2-4-8-21(17)27/h2-13H,14H2,1H3,(H,28,30,32)/b19-13+. The number of urea groups is 1. The van der Waals surface area contributed by atoms with Crippen molar-refractivity contribution < 1.29 is 19.1 Å². The minimum atomic E-state index is -0.799. The van der Waals surface area contributed by atoms with Crippen LogP contribution in [0.15, 0.2) is 76.8 Å². The molecule has 0 bridgehead atoms. The number of halogens is 2. The number of para-hydroxylation sites is 1. The molecule has 0 spiro atoms. The van der Waals surface area contributed by atoms with Gasteiger partial charge in [-0.2, -0.15) is 0 Å².